The summed E-state index contributed by atoms with van der Waals surface area (Å²) in [5.74, 6) is 0.213. The smallest absolute Gasteiger partial charge is 0.321 e. The second-order valence-corrected chi connectivity index (χ2v) is 9.19. The van der Waals surface area contributed by atoms with Gasteiger partial charge in [0.25, 0.3) is 0 Å². The zero-order valence-corrected chi connectivity index (χ0v) is 21.0. The number of rotatable bonds is 10. The largest absolute Gasteiger partial charge is 0.496 e. The summed E-state index contributed by atoms with van der Waals surface area (Å²) < 4.78 is 17.2. The molecule has 1 aliphatic heterocycles. The molecule has 36 heavy (non-hydrogen) atoms. The van der Waals surface area contributed by atoms with E-state index in [1.807, 2.05) is 36.4 Å². The van der Waals surface area contributed by atoms with Crippen molar-refractivity contribution in [3.8, 4) is 22.6 Å². The Kier molecular flexibility index (Phi) is 8.16. The lowest BCUT2D eigenvalue weighted by Gasteiger charge is -2.33. The summed E-state index contributed by atoms with van der Waals surface area (Å²) in [6.07, 6.45) is 1.77. The standard InChI is InChI=1S/C28H30ClNO6/c1-34-24-15-19(17-31)16-25(35-2)26(24)20-6-4-18(5-7-20)14-23(27(32)33)30-28(12-3-13-36-28)21-8-10-22(29)11-9-21/h4-11,15-16,23,30-31H,3,12-14,17H2,1-2H3,(H,32,33)/t23-,28?/m0/s1. The van der Waals surface area contributed by atoms with Crippen LogP contribution in [0.15, 0.2) is 60.7 Å². The summed E-state index contributed by atoms with van der Waals surface area (Å²) in [4.78, 5) is 12.2. The minimum absolute atomic E-state index is 0.128. The van der Waals surface area contributed by atoms with Gasteiger partial charge in [0.2, 0.25) is 0 Å². The molecule has 1 unspecified atom stereocenters. The van der Waals surface area contributed by atoms with Crippen molar-refractivity contribution in [1.82, 2.24) is 5.32 Å². The Labute approximate surface area is 215 Å². The van der Waals surface area contributed by atoms with E-state index in [0.29, 0.717) is 35.1 Å². The first-order valence-electron chi connectivity index (χ1n) is 11.7. The van der Waals surface area contributed by atoms with Crippen LogP contribution in [-0.2, 0) is 28.3 Å². The number of halogens is 1. The van der Waals surface area contributed by atoms with Gasteiger partial charge in [-0.3, -0.25) is 10.1 Å². The van der Waals surface area contributed by atoms with Crippen LogP contribution in [0.4, 0.5) is 0 Å². The van der Waals surface area contributed by atoms with Gasteiger partial charge in [0.15, 0.2) is 0 Å². The second-order valence-electron chi connectivity index (χ2n) is 8.76. The Morgan fingerprint density at radius 2 is 1.69 bits per heavy atom. The average molecular weight is 512 g/mol. The molecule has 3 N–H and O–H groups in total. The maximum atomic E-state index is 12.2. The maximum absolute atomic E-state index is 12.2. The molecule has 0 spiro atoms. The van der Waals surface area contributed by atoms with Crippen LogP contribution in [0.1, 0.15) is 29.5 Å². The Morgan fingerprint density at radius 3 is 2.19 bits per heavy atom. The van der Waals surface area contributed by atoms with Crippen molar-refractivity contribution in [3.05, 3.63) is 82.4 Å². The van der Waals surface area contributed by atoms with Crippen molar-refractivity contribution >= 4 is 17.6 Å². The molecule has 0 radical (unpaired) electrons. The highest BCUT2D eigenvalue weighted by Gasteiger charge is 2.40. The molecule has 4 rings (SSSR count). The first-order chi connectivity index (χ1) is 17.4. The maximum Gasteiger partial charge on any atom is 0.321 e. The molecule has 190 valence electrons. The second kappa shape index (κ2) is 11.3. The predicted octanol–water partition coefficient (Wildman–Crippen LogP) is 4.77. The molecule has 1 heterocycles. The number of hydrogen-bond donors (Lipinski definition) is 3. The molecule has 1 aliphatic rings. The number of hydrogen-bond acceptors (Lipinski definition) is 6. The number of aliphatic hydroxyl groups excluding tert-OH is 1. The lowest BCUT2D eigenvalue weighted by molar-refractivity contribution is -0.143. The molecular formula is C28H30ClNO6. The lowest BCUT2D eigenvalue weighted by Crippen LogP contribution is -2.51. The average Bonchev–Trinajstić information content (AvgIpc) is 3.38. The van der Waals surface area contributed by atoms with Crippen molar-refractivity contribution in [2.24, 2.45) is 0 Å². The molecule has 3 aromatic carbocycles. The van der Waals surface area contributed by atoms with E-state index in [2.05, 4.69) is 5.32 Å². The van der Waals surface area contributed by atoms with Gasteiger partial charge in [-0.05, 0) is 65.8 Å². The summed E-state index contributed by atoms with van der Waals surface area (Å²) in [5, 5.41) is 23.4. The number of aliphatic carboxylic acids is 1. The van der Waals surface area contributed by atoms with Gasteiger partial charge in [0.05, 0.1) is 26.4 Å². The van der Waals surface area contributed by atoms with E-state index >= 15 is 0 Å². The first kappa shape index (κ1) is 26.0. The highest BCUT2D eigenvalue weighted by Crippen LogP contribution is 2.40. The number of methoxy groups -OCH3 is 2. The van der Waals surface area contributed by atoms with Crippen LogP contribution in [-0.4, -0.2) is 43.1 Å². The Bertz CT molecular complexity index is 1160. The first-order valence-corrected chi connectivity index (χ1v) is 12.1. The molecule has 1 fully saturated rings. The van der Waals surface area contributed by atoms with E-state index < -0.39 is 17.7 Å². The zero-order chi connectivity index (χ0) is 25.7. The molecule has 2 atom stereocenters. The summed E-state index contributed by atoms with van der Waals surface area (Å²) in [5.41, 5.74) is 3.14. The van der Waals surface area contributed by atoms with Crippen molar-refractivity contribution in [2.75, 3.05) is 20.8 Å². The number of ether oxygens (including phenoxy) is 3. The molecule has 0 bridgehead atoms. The third kappa shape index (κ3) is 5.50. The fourth-order valence-electron chi connectivity index (χ4n) is 4.65. The molecule has 8 heteroatoms. The molecular weight excluding hydrogens is 482 g/mol. The summed E-state index contributed by atoms with van der Waals surface area (Å²) in [6, 6.07) is 17.6. The zero-order valence-electron chi connectivity index (χ0n) is 20.3. The number of benzene rings is 3. The molecule has 7 nitrogen and oxygen atoms in total. The number of carboxylic acids is 1. The topological polar surface area (TPSA) is 97.3 Å². The Morgan fingerprint density at radius 1 is 1.06 bits per heavy atom. The number of aliphatic hydroxyl groups is 1. The Balaban J connectivity index is 1.58. The van der Waals surface area contributed by atoms with E-state index in [1.54, 1.807) is 38.5 Å². The minimum atomic E-state index is -0.953. The summed E-state index contributed by atoms with van der Waals surface area (Å²) >= 11 is 6.06. The lowest BCUT2D eigenvalue weighted by atomic mass is 9.95. The minimum Gasteiger partial charge on any atom is -0.496 e. The van der Waals surface area contributed by atoms with Crippen LogP contribution in [0.2, 0.25) is 5.02 Å². The number of nitrogens with one attached hydrogen (secondary N) is 1. The molecule has 3 aromatic rings. The van der Waals surface area contributed by atoms with Gasteiger partial charge in [-0.15, -0.1) is 0 Å². The fraction of sp³-hybridized carbons (Fsp3) is 0.321. The van der Waals surface area contributed by atoms with Crippen molar-refractivity contribution in [1.29, 1.82) is 0 Å². The Hall–Kier alpha value is -3.10. The third-order valence-corrected chi connectivity index (χ3v) is 6.72. The molecule has 0 saturated carbocycles. The van der Waals surface area contributed by atoms with E-state index in [9.17, 15) is 15.0 Å². The van der Waals surface area contributed by atoms with Crippen LogP contribution < -0.4 is 14.8 Å². The van der Waals surface area contributed by atoms with Crippen LogP contribution in [0.3, 0.4) is 0 Å². The quantitative estimate of drug-likeness (QED) is 0.361. The van der Waals surface area contributed by atoms with Crippen molar-refractivity contribution in [3.63, 3.8) is 0 Å². The van der Waals surface area contributed by atoms with Crippen LogP contribution in [0, 0.1) is 0 Å². The van der Waals surface area contributed by atoms with Gasteiger partial charge in [-0.25, -0.2) is 0 Å². The van der Waals surface area contributed by atoms with Crippen LogP contribution in [0.5, 0.6) is 11.5 Å². The molecule has 0 aromatic heterocycles. The molecule has 0 amide bonds. The number of carbonyl (C=O) groups is 1. The highest BCUT2D eigenvalue weighted by molar-refractivity contribution is 6.30. The van der Waals surface area contributed by atoms with E-state index in [1.165, 1.54) is 0 Å². The molecule has 1 saturated heterocycles. The normalized spacial score (nSPS) is 18.1. The fourth-order valence-corrected chi connectivity index (χ4v) is 4.78. The SMILES string of the molecule is COc1cc(CO)cc(OC)c1-c1ccc(C[C@H](NC2(c3ccc(Cl)cc3)CCCO2)C(=O)O)cc1. The molecule has 0 aliphatic carbocycles. The van der Waals surface area contributed by atoms with E-state index in [-0.39, 0.29) is 13.0 Å². The van der Waals surface area contributed by atoms with Crippen LogP contribution >= 0.6 is 11.6 Å². The summed E-state index contributed by atoms with van der Waals surface area (Å²) in [6.45, 7) is 0.423. The van der Waals surface area contributed by atoms with Crippen molar-refractivity contribution in [2.45, 2.75) is 37.6 Å². The van der Waals surface area contributed by atoms with Gasteiger partial charge in [-0.1, -0.05) is 48.0 Å². The number of carboxylic acid groups (broad SMARTS) is 1. The van der Waals surface area contributed by atoms with Gasteiger partial charge in [-0.2, -0.15) is 0 Å². The predicted molar refractivity (Wildman–Crippen MR) is 137 cm³/mol. The monoisotopic (exact) mass is 511 g/mol. The van der Waals surface area contributed by atoms with Crippen LogP contribution in [0.25, 0.3) is 11.1 Å². The van der Waals surface area contributed by atoms with Crippen molar-refractivity contribution < 1.29 is 29.2 Å². The van der Waals surface area contributed by atoms with Gasteiger partial charge in [0, 0.05) is 11.6 Å². The van der Waals surface area contributed by atoms with Gasteiger partial charge < -0.3 is 24.4 Å². The van der Waals surface area contributed by atoms with Gasteiger partial charge in [0.1, 0.15) is 23.3 Å². The van der Waals surface area contributed by atoms with Gasteiger partial charge >= 0.3 is 5.97 Å². The summed E-state index contributed by atoms with van der Waals surface area (Å²) in [7, 11) is 3.14. The van der Waals surface area contributed by atoms with E-state index in [0.717, 1.165) is 28.7 Å². The highest BCUT2D eigenvalue weighted by atomic mass is 35.5. The third-order valence-electron chi connectivity index (χ3n) is 6.47. The van der Waals surface area contributed by atoms with E-state index in [4.69, 9.17) is 25.8 Å².